The smallest absolute Gasteiger partial charge is 0.342 e. The number of hydrogen-bond donors (Lipinski definition) is 1. The first-order chi connectivity index (χ1) is 10.0. The van der Waals surface area contributed by atoms with Gasteiger partial charge in [-0.05, 0) is 30.3 Å². The van der Waals surface area contributed by atoms with Crippen molar-refractivity contribution in [3.8, 4) is 11.5 Å². The van der Waals surface area contributed by atoms with Crippen LogP contribution >= 0.6 is 11.6 Å². The molecule has 0 spiro atoms. The van der Waals surface area contributed by atoms with Gasteiger partial charge in [-0.1, -0.05) is 17.7 Å². The Kier molecular flexibility index (Phi) is 4.65. The van der Waals surface area contributed by atoms with E-state index in [0.29, 0.717) is 16.3 Å². The van der Waals surface area contributed by atoms with Crippen LogP contribution in [0.1, 0.15) is 15.9 Å². The fraction of sp³-hybridized carbons (Fsp3) is 0.133. The number of carbonyl (C=O) groups is 1. The molecule has 2 aromatic carbocycles. The van der Waals surface area contributed by atoms with Crippen LogP contribution in [0.2, 0.25) is 5.02 Å². The summed E-state index contributed by atoms with van der Waals surface area (Å²) in [5, 5.41) is 9.52. The summed E-state index contributed by atoms with van der Waals surface area (Å²) in [4.78, 5) is 11.1. The lowest BCUT2D eigenvalue weighted by atomic mass is 10.2. The fourth-order valence-corrected chi connectivity index (χ4v) is 2.04. The molecule has 2 rings (SSSR count). The Labute approximate surface area is 125 Å². The molecule has 0 saturated carbocycles. The average Bonchev–Trinajstić information content (AvgIpc) is 2.44. The minimum absolute atomic E-state index is 0.00741. The number of methoxy groups -OCH3 is 1. The lowest BCUT2D eigenvalue weighted by molar-refractivity contribution is 0.0686. The van der Waals surface area contributed by atoms with Gasteiger partial charge in [-0.3, -0.25) is 0 Å². The third-order valence-electron chi connectivity index (χ3n) is 2.81. The number of rotatable bonds is 5. The molecule has 6 heteroatoms. The molecule has 0 amide bonds. The van der Waals surface area contributed by atoms with Gasteiger partial charge < -0.3 is 14.6 Å². The lowest BCUT2D eigenvalue weighted by Gasteiger charge is -2.12. The van der Waals surface area contributed by atoms with Gasteiger partial charge in [0, 0.05) is 10.6 Å². The zero-order valence-electron chi connectivity index (χ0n) is 11.1. The average molecular weight is 311 g/mol. The Morgan fingerprint density at radius 3 is 2.71 bits per heavy atom. The van der Waals surface area contributed by atoms with Gasteiger partial charge in [0.15, 0.2) is 0 Å². The molecule has 21 heavy (non-hydrogen) atoms. The van der Waals surface area contributed by atoms with Crippen LogP contribution in [0.3, 0.4) is 0 Å². The Balaban J connectivity index is 2.27. The second-order valence-electron chi connectivity index (χ2n) is 4.16. The minimum atomic E-state index is -1.39. The maximum absolute atomic E-state index is 13.5. The van der Waals surface area contributed by atoms with Crippen molar-refractivity contribution >= 4 is 17.6 Å². The summed E-state index contributed by atoms with van der Waals surface area (Å²) >= 11 is 5.90. The number of carboxylic acids is 1. The molecule has 2 aromatic rings. The van der Waals surface area contributed by atoms with Crippen molar-refractivity contribution in [2.45, 2.75) is 6.61 Å². The molecule has 0 radical (unpaired) electrons. The summed E-state index contributed by atoms with van der Waals surface area (Å²) in [7, 11) is 1.50. The molecule has 0 aromatic heterocycles. The van der Waals surface area contributed by atoms with Crippen LogP contribution in [0, 0.1) is 5.82 Å². The third-order valence-corrected chi connectivity index (χ3v) is 3.05. The van der Waals surface area contributed by atoms with Crippen molar-refractivity contribution in [2.75, 3.05) is 7.11 Å². The zero-order valence-corrected chi connectivity index (χ0v) is 11.9. The summed E-state index contributed by atoms with van der Waals surface area (Å²) in [5.41, 5.74) is 0.129. The first-order valence-corrected chi connectivity index (χ1v) is 6.37. The van der Waals surface area contributed by atoms with E-state index in [1.54, 1.807) is 18.2 Å². The highest BCUT2D eigenvalue weighted by Crippen LogP contribution is 2.26. The van der Waals surface area contributed by atoms with Crippen LogP contribution in [0.5, 0.6) is 11.5 Å². The molecule has 0 unspecified atom stereocenters. The Morgan fingerprint density at radius 1 is 1.29 bits per heavy atom. The Morgan fingerprint density at radius 2 is 2.05 bits per heavy atom. The van der Waals surface area contributed by atoms with Crippen molar-refractivity contribution < 1.29 is 23.8 Å². The molecule has 0 atom stereocenters. The van der Waals surface area contributed by atoms with Crippen molar-refractivity contribution in [1.82, 2.24) is 0 Å². The van der Waals surface area contributed by atoms with Gasteiger partial charge in [0.2, 0.25) is 0 Å². The van der Waals surface area contributed by atoms with Crippen LogP contribution in [0.4, 0.5) is 4.39 Å². The fourth-order valence-electron chi connectivity index (χ4n) is 1.85. The van der Waals surface area contributed by atoms with E-state index in [4.69, 9.17) is 26.2 Å². The number of carboxylic acid groups (broad SMARTS) is 1. The van der Waals surface area contributed by atoms with E-state index in [0.717, 1.165) is 6.07 Å². The second kappa shape index (κ2) is 6.45. The minimum Gasteiger partial charge on any atom is -0.496 e. The SMILES string of the molecule is COc1ccc(Cl)cc1COc1cccc(F)c1C(=O)O. The largest absolute Gasteiger partial charge is 0.496 e. The van der Waals surface area contributed by atoms with Gasteiger partial charge in [0.25, 0.3) is 0 Å². The van der Waals surface area contributed by atoms with Crippen LogP contribution in [-0.2, 0) is 6.61 Å². The van der Waals surface area contributed by atoms with E-state index < -0.39 is 17.3 Å². The molecule has 0 heterocycles. The van der Waals surface area contributed by atoms with Crippen LogP contribution in [0.25, 0.3) is 0 Å². The van der Waals surface area contributed by atoms with Crippen molar-refractivity contribution in [3.63, 3.8) is 0 Å². The van der Waals surface area contributed by atoms with E-state index in [1.807, 2.05) is 0 Å². The van der Waals surface area contributed by atoms with Crippen molar-refractivity contribution in [1.29, 1.82) is 0 Å². The van der Waals surface area contributed by atoms with E-state index in [9.17, 15) is 9.18 Å². The second-order valence-corrected chi connectivity index (χ2v) is 4.60. The van der Waals surface area contributed by atoms with Gasteiger partial charge in [-0.25, -0.2) is 9.18 Å². The van der Waals surface area contributed by atoms with Crippen LogP contribution < -0.4 is 9.47 Å². The topological polar surface area (TPSA) is 55.8 Å². The van der Waals surface area contributed by atoms with E-state index in [-0.39, 0.29) is 12.4 Å². The number of aromatic carboxylic acids is 1. The Bertz CT molecular complexity index is 673. The molecule has 1 N–H and O–H groups in total. The number of hydrogen-bond acceptors (Lipinski definition) is 3. The predicted octanol–water partition coefficient (Wildman–Crippen LogP) is 3.76. The quantitative estimate of drug-likeness (QED) is 0.913. The highest BCUT2D eigenvalue weighted by atomic mass is 35.5. The first kappa shape index (κ1) is 15.1. The van der Waals surface area contributed by atoms with E-state index >= 15 is 0 Å². The summed E-state index contributed by atoms with van der Waals surface area (Å²) in [6.45, 7) is 0.00741. The van der Waals surface area contributed by atoms with Gasteiger partial charge in [0.05, 0.1) is 7.11 Å². The molecule has 0 fully saturated rings. The molecule has 0 aliphatic rings. The number of ether oxygens (including phenoxy) is 2. The van der Waals surface area contributed by atoms with E-state index in [1.165, 1.54) is 19.2 Å². The van der Waals surface area contributed by atoms with Crippen molar-refractivity contribution in [3.05, 3.63) is 58.4 Å². The highest BCUT2D eigenvalue weighted by molar-refractivity contribution is 6.30. The summed E-state index contributed by atoms with van der Waals surface area (Å²) in [5.74, 6) is -1.74. The molecular weight excluding hydrogens is 299 g/mol. The zero-order chi connectivity index (χ0) is 15.4. The lowest BCUT2D eigenvalue weighted by Crippen LogP contribution is -2.06. The number of halogens is 2. The molecule has 110 valence electrons. The Hall–Kier alpha value is -2.27. The molecular formula is C15H12ClFO4. The third kappa shape index (κ3) is 3.44. The maximum Gasteiger partial charge on any atom is 0.342 e. The molecule has 0 bridgehead atoms. The molecule has 0 saturated heterocycles. The molecule has 0 aliphatic heterocycles. The standard InChI is InChI=1S/C15H12ClFO4/c1-20-12-6-5-10(16)7-9(12)8-21-13-4-2-3-11(17)14(13)15(18)19/h2-7H,8H2,1H3,(H,18,19). The van der Waals surface area contributed by atoms with Gasteiger partial charge in [0.1, 0.15) is 29.5 Å². The molecule has 4 nitrogen and oxygen atoms in total. The van der Waals surface area contributed by atoms with Crippen molar-refractivity contribution in [2.24, 2.45) is 0 Å². The van der Waals surface area contributed by atoms with Gasteiger partial charge in [-0.2, -0.15) is 0 Å². The number of benzene rings is 2. The summed E-state index contributed by atoms with van der Waals surface area (Å²) in [6, 6.07) is 8.81. The summed E-state index contributed by atoms with van der Waals surface area (Å²) in [6.07, 6.45) is 0. The van der Waals surface area contributed by atoms with Gasteiger partial charge >= 0.3 is 5.97 Å². The van der Waals surface area contributed by atoms with E-state index in [2.05, 4.69) is 0 Å². The predicted molar refractivity (Wildman–Crippen MR) is 75.7 cm³/mol. The monoisotopic (exact) mass is 310 g/mol. The van der Waals surface area contributed by atoms with Crippen LogP contribution in [-0.4, -0.2) is 18.2 Å². The first-order valence-electron chi connectivity index (χ1n) is 6.00. The molecule has 0 aliphatic carbocycles. The normalized spacial score (nSPS) is 10.2. The van der Waals surface area contributed by atoms with Crippen LogP contribution in [0.15, 0.2) is 36.4 Å². The maximum atomic E-state index is 13.5. The van der Waals surface area contributed by atoms with Gasteiger partial charge in [-0.15, -0.1) is 0 Å². The summed E-state index contributed by atoms with van der Waals surface area (Å²) < 4.78 is 24.1. The highest BCUT2D eigenvalue weighted by Gasteiger charge is 2.17.